The van der Waals surface area contributed by atoms with Gasteiger partial charge in [-0.2, -0.15) is 0 Å². The van der Waals surface area contributed by atoms with Crippen LogP contribution in [0.4, 0.5) is 5.69 Å². The fraction of sp³-hybridized carbons (Fsp3) is 0.600. The van der Waals surface area contributed by atoms with Crippen LogP contribution >= 0.6 is 0 Å². The summed E-state index contributed by atoms with van der Waals surface area (Å²) in [5.41, 5.74) is 11.8. The Morgan fingerprint density at radius 3 is 2.69 bits per heavy atom. The molecule has 1 saturated carbocycles. The Hall–Kier alpha value is -0.980. The van der Waals surface area contributed by atoms with E-state index in [1.807, 2.05) is 0 Å². The molecule has 1 fully saturated rings. The second kappa shape index (κ2) is 4.12. The Kier molecular flexibility index (Phi) is 2.62. The van der Waals surface area contributed by atoms with Crippen molar-refractivity contribution in [2.75, 3.05) is 5.73 Å². The van der Waals surface area contributed by atoms with Gasteiger partial charge in [0.05, 0.1) is 0 Å². The molecule has 0 heterocycles. The standard InChI is InChI=1S/C15H21N/c16-15-13(10-11-4-1-2-5-11)9-8-12-6-3-7-14(12)15/h8-9,11H,1-7,10,16H2. The van der Waals surface area contributed by atoms with Crippen molar-refractivity contribution in [3.05, 3.63) is 28.8 Å². The number of hydrogen-bond donors (Lipinski definition) is 1. The summed E-state index contributed by atoms with van der Waals surface area (Å²) >= 11 is 0. The summed E-state index contributed by atoms with van der Waals surface area (Å²) in [7, 11) is 0. The first-order chi connectivity index (χ1) is 7.84. The van der Waals surface area contributed by atoms with Gasteiger partial charge in [-0.15, -0.1) is 0 Å². The molecule has 1 aromatic carbocycles. The molecule has 3 rings (SSSR count). The van der Waals surface area contributed by atoms with Crippen LogP contribution in [0.2, 0.25) is 0 Å². The molecule has 0 aromatic heterocycles. The molecular formula is C15H21N. The van der Waals surface area contributed by atoms with Crippen molar-refractivity contribution in [2.45, 2.75) is 51.4 Å². The average molecular weight is 215 g/mol. The fourth-order valence-corrected chi connectivity index (χ4v) is 3.45. The van der Waals surface area contributed by atoms with Gasteiger partial charge in [0.25, 0.3) is 0 Å². The van der Waals surface area contributed by atoms with Crippen molar-refractivity contribution in [3.63, 3.8) is 0 Å². The summed E-state index contributed by atoms with van der Waals surface area (Å²) in [5.74, 6) is 0.904. The molecular weight excluding hydrogens is 194 g/mol. The molecule has 0 bridgehead atoms. The highest BCUT2D eigenvalue weighted by Gasteiger charge is 2.20. The van der Waals surface area contributed by atoms with E-state index in [-0.39, 0.29) is 0 Å². The first-order valence-corrected chi connectivity index (χ1v) is 6.73. The molecule has 0 saturated heterocycles. The number of anilines is 1. The monoisotopic (exact) mass is 215 g/mol. The molecule has 1 heteroatoms. The summed E-state index contributed by atoms with van der Waals surface area (Å²) in [6.07, 6.45) is 10.6. The molecule has 1 nitrogen and oxygen atoms in total. The predicted molar refractivity (Wildman–Crippen MR) is 68.5 cm³/mol. The van der Waals surface area contributed by atoms with Gasteiger partial charge >= 0.3 is 0 Å². The van der Waals surface area contributed by atoms with Crippen molar-refractivity contribution in [1.29, 1.82) is 0 Å². The van der Waals surface area contributed by atoms with Crippen LogP contribution in [0.25, 0.3) is 0 Å². The summed E-state index contributed by atoms with van der Waals surface area (Å²) in [5, 5.41) is 0. The third-order valence-corrected chi connectivity index (χ3v) is 4.40. The highest BCUT2D eigenvalue weighted by Crippen LogP contribution is 2.34. The van der Waals surface area contributed by atoms with Crippen LogP contribution in [0.3, 0.4) is 0 Å². The summed E-state index contributed by atoms with van der Waals surface area (Å²) < 4.78 is 0. The van der Waals surface area contributed by atoms with E-state index in [4.69, 9.17) is 5.73 Å². The SMILES string of the molecule is Nc1c(CC2CCCC2)ccc2c1CCC2. The van der Waals surface area contributed by atoms with Crippen molar-refractivity contribution in [1.82, 2.24) is 0 Å². The van der Waals surface area contributed by atoms with Crippen LogP contribution in [-0.2, 0) is 19.3 Å². The van der Waals surface area contributed by atoms with E-state index in [0.29, 0.717) is 0 Å². The van der Waals surface area contributed by atoms with Crippen LogP contribution in [0.15, 0.2) is 12.1 Å². The molecule has 0 aliphatic heterocycles. The molecule has 0 amide bonds. The Labute approximate surface area is 98.0 Å². The van der Waals surface area contributed by atoms with Gasteiger partial charge in [0.2, 0.25) is 0 Å². The molecule has 0 spiro atoms. The van der Waals surface area contributed by atoms with E-state index in [0.717, 1.165) is 11.6 Å². The second-order valence-corrected chi connectivity index (χ2v) is 5.48. The summed E-state index contributed by atoms with van der Waals surface area (Å²) in [6, 6.07) is 4.61. The van der Waals surface area contributed by atoms with Gasteiger partial charge in [-0.05, 0) is 48.3 Å². The first-order valence-electron chi connectivity index (χ1n) is 6.73. The van der Waals surface area contributed by atoms with Gasteiger partial charge in [0, 0.05) is 5.69 Å². The molecule has 2 aliphatic rings. The lowest BCUT2D eigenvalue weighted by Gasteiger charge is -2.14. The van der Waals surface area contributed by atoms with E-state index >= 15 is 0 Å². The minimum atomic E-state index is 0.904. The fourth-order valence-electron chi connectivity index (χ4n) is 3.45. The number of hydrogen-bond acceptors (Lipinski definition) is 1. The maximum atomic E-state index is 6.31. The quantitative estimate of drug-likeness (QED) is 0.751. The lowest BCUT2D eigenvalue weighted by molar-refractivity contribution is 0.547. The topological polar surface area (TPSA) is 26.0 Å². The van der Waals surface area contributed by atoms with Crippen molar-refractivity contribution < 1.29 is 0 Å². The third kappa shape index (κ3) is 1.73. The summed E-state index contributed by atoms with van der Waals surface area (Å²) in [6.45, 7) is 0. The molecule has 0 atom stereocenters. The first kappa shape index (κ1) is 10.2. The van der Waals surface area contributed by atoms with E-state index in [2.05, 4.69) is 12.1 Å². The smallest absolute Gasteiger partial charge is 0.0382 e. The zero-order valence-corrected chi connectivity index (χ0v) is 9.97. The Morgan fingerprint density at radius 1 is 1.06 bits per heavy atom. The van der Waals surface area contributed by atoms with Gasteiger partial charge in [-0.3, -0.25) is 0 Å². The molecule has 0 unspecified atom stereocenters. The Balaban J connectivity index is 1.84. The molecule has 2 N–H and O–H groups in total. The van der Waals surface area contributed by atoms with Gasteiger partial charge in [0.1, 0.15) is 0 Å². The molecule has 0 radical (unpaired) electrons. The molecule has 1 aromatic rings. The highest BCUT2D eigenvalue weighted by molar-refractivity contribution is 5.58. The van der Waals surface area contributed by atoms with Gasteiger partial charge in [-0.1, -0.05) is 37.8 Å². The minimum Gasteiger partial charge on any atom is -0.398 e. The molecule has 16 heavy (non-hydrogen) atoms. The maximum absolute atomic E-state index is 6.31. The molecule has 2 aliphatic carbocycles. The average Bonchev–Trinajstić information content (AvgIpc) is 2.93. The number of aryl methyl sites for hydroxylation is 1. The number of rotatable bonds is 2. The zero-order valence-electron chi connectivity index (χ0n) is 9.97. The number of nitrogens with two attached hydrogens (primary N) is 1. The largest absolute Gasteiger partial charge is 0.398 e. The number of nitrogen functional groups attached to an aromatic ring is 1. The lowest BCUT2D eigenvalue weighted by Crippen LogP contribution is -2.05. The van der Waals surface area contributed by atoms with Crippen molar-refractivity contribution >= 4 is 5.69 Å². The molecule has 86 valence electrons. The summed E-state index contributed by atoms with van der Waals surface area (Å²) in [4.78, 5) is 0. The number of fused-ring (bicyclic) bond motifs is 1. The van der Waals surface area contributed by atoms with Crippen LogP contribution in [0.5, 0.6) is 0 Å². The van der Waals surface area contributed by atoms with Crippen molar-refractivity contribution in [3.8, 4) is 0 Å². The van der Waals surface area contributed by atoms with Crippen LogP contribution < -0.4 is 5.73 Å². The van der Waals surface area contributed by atoms with Crippen LogP contribution in [0.1, 0.15) is 48.8 Å². The van der Waals surface area contributed by atoms with Crippen LogP contribution in [-0.4, -0.2) is 0 Å². The third-order valence-electron chi connectivity index (χ3n) is 4.40. The van der Waals surface area contributed by atoms with Crippen LogP contribution in [0, 0.1) is 5.92 Å². The van der Waals surface area contributed by atoms with Crippen molar-refractivity contribution in [2.24, 2.45) is 5.92 Å². The van der Waals surface area contributed by atoms with E-state index in [1.54, 1.807) is 0 Å². The Bertz CT molecular complexity index is 389. The lowest BCUT2D eigenvalue weighted by atomic mass is 9.94. The predicted octanol–water partition coefficient (Wildman–Crippen LogP) is 3.49. The van der Waals surface area contributed by atoms with E-state index in [1.165, 1.54) is 68.1 Å². The van der Waals surface area contributed by atoms with E-state index in [9.17, 15) is 0 Å². The maximum Gasteiger partial charge on any atom is 0.0382 e. The Morgan fingerprint density at radius 2 is 1.88 bits per heavy atom. The number of benzene rings is 1. The zero-order chi connectivity index (χ0) is 11.0. The second-order valence-electron chi connectivity index (χ2n) is 5.48. The normalized spacial score (nSPS) is 20.2. The van der Waals surface area contributed by atoms with Gasteiger partial charge in [0.15, 0.2) is 0 Å². The highest BCUT2D eigenvalue weighted by atomic mass is 14.6. The van der Waals surface area contributed by atoms with Gasteiger partial charge < -0.3 is 5.73 Å². The van der Waals surface area contributed by atoms with E-state index < -0.39 is 0 Å². The van der Waals surface area contributed by atoms with Gasteiger partial charge in [-0.25, -0.2) is 0 Å². The minimum absolute atomic E-state index is 0.904.